The standard InChI is InChI=1S/C16H28N2O/c1-5-11-17-13-14-9-10-15(18(6-2)7-3)16(12-14)19-8-4/h9-10,12,17H,5-8,11,13H2,1-4H3. The van der Waals surface area contributed by atoms with E-state index in [1.807, 2.05) is 6.92 Å². The molecular weight excluding hydrogens is 236 g/mol. The van der Waals surface area contributed by atoms with Crippen LogP contribution in [0, 0.1) is 0 Å². The van der Waals surface area contributed by atoms with Crippen LogP contribution in [0.2, 0.25) is 0 Å². The zero-order valence-corrected chi connectivity index (χ0v) is 12.8. The largest absolute Gasteiger partial charge is 0.492 e. The fraction of sp³-hybridized carbons (Fsp3) is 0.625. The molecule has 0 saturated carbocycles. The molecule has 0 atom stereocenters. The van der Waals surface area contributed by atoms with E-state index in [4.69, 9.17) is 4.74 Å². The average molecular weight is 264 g/mol. The molecular formula is C16H28N2O. The Labute approximate surface area is 118 Å². The minimum Gasteiger partial charge on any atom is -0.492 e. The maximum atomic E-state index is 5.80. The molecule has 108 valence electrons. The minimum absolute atomic E-state index is 0.708. The van der Waals surface area contributed by atoms with Crippen LogP contribution in [0.25, 0.3) is 0 Å². The summed E-state index contributed by atoms with van der Waals surface area (Å²) in [7, 11) is 0. The van der Waals surface area contributed by atoms with E-state index in [0.29, 0.717) is 6.61 Å². The Hall–Kier alpha value is -1.22. The molecule has 1 aromatic rings. The first-order valence-corrected chi connectivity index (χ1v) is 7.48. The molecule has 0 aliphatic heterocycles. The van der Waals surface area contributed by atoms with Crippen molar-refractivity contribution in [2.45, 2.75) is 40.7 Å². The zero-order chi connectivity index (χ0) is 14.1. The predicted octanol–water partition coefficient (Wildman–Crippen LogP) is 3.43. The van der Waals surface area contributed by atoms with Crippen molar-refractivity contribution in [3.63, 3.8) is 0 Å². The van der Waals surface area contributed by atoms with Crippen LogP contribution in [0.4, 0.5) is 5.69 Å². The third-order valence-corrected chi connectivity index (χ3v) is 3.18. The molecule has 0 saturated heterocycles. The molecule has 1 N–H and O–H groups in total. The van der Waals surface area contributed by atoms with Crippen molar-refractivity contribution in [3.8, 4) is 5.75 Å². The maximum Gasteiger partial charge on any atom is 0.142 e. The molecule has 0 aliphatic rings. The number of anilines is 1. The van der Waals surface area contributed by atoms with Crippen molar-refractivity contribution in [2.75, 3.05) is 31.1 Å². The Morgan fingerprint density at radius 1 is 1.11 bits per heavy atom. The van der Waals surface area contributed by atoms with Gasteiger partial charge in [0.15, 0.2) is 0 Å². The smallest absolute Gasteiger partial charge is 0.142 e. The van der Waals surface area contributed by atoms with Crippen molar-refractivity contribution < 1.29 is 4.74 Å². The molecule has 0 amide bonds. The van der Waals surface area contributed by atoms with Crippen LogP contribution in [-0.2, 0) is 6.54 Å². The van der Waals surface area contributed by atoms with Gasteiger partial charge in [0.25, 0.3) is 0 Å². The van der Waals surface area contributed by atoms with Gasteiger partial charge in [0.1, 0.15) is 5.75 Å². The molecule has 0 aromatic heterocycles. The van der Waals surface area contributed by atoms with E-state index >= 15 is 0 Å². The van der Waals surface area contributed by atoms with Gasteiger partial charge in [0, 0.05) is 19.6 Å². The zero-order valence-electron chi connectivity index (χ0n) is 12.8. The lowest BCUT2D eigenvalue weighted by molar-refractivity contribution is 0.340. The minimum atomic E-state index is 0.708. The lowest BCUT2D eigenvalue weighted by atomic mass is 10.1. The number of nitrogens with zero attached hydrogens (tertiary/aromatic N) is 1. The highest BCUT2D eigenvalue weighted by atomic mass is 16.5. The van der Waals surface area contributed by atoms with Crippen LogP contribution in [0.3, 0.4) is 0 Å². The summed E-state index contributed by atoms with van der Waals surface area (Å²) in [5, 5.41) is 3.43. The summed E-state index contributed by atoms with van der Waals surface area (Å²) in [5.41, 5.74) is 2.49. The van der Waals surface area contributed by atoms with E-state index < -0.39 is 0 Å². The SMILES string of the molecule is CCCNCc1ccc(N(CC)CC)c(OCC)c1. The fourth-order valence-electron chi connectivity index (χ4n) is 2.17. The summed E-state index contributed by atoms with van der Waals surface area (Å²) in [6.07, 6.45) is 1.16. The number of hydrogen-bond donors (Lipinski definition) is 1. The molecule has 0 heterocycles. The molecule has 0 aliphatic carbocycles. The van der Waals surface area contributed by atoms with E-state index in [-0.39, 0.29) is 0 Å². The highest BCUT2D eigenvalue weighted by molar-refractivity contribution is 5.59. The Morgan fingerprint density at radius 3 is 2.42 bits per heavy atom. The second-order valence-electron chi connectivity index (χ2n) is 4.58. The molecule has 1 aromatic carbocycles. The third kappa shape index (κ3) is 4.75. The van der Waals surface area contributed by atoms with Crippen molar-refractivity contribution in [2.24, 2.45) is 0 Å². The van der Waals surface area contributed by atoms with E-state index in [1.54, 1.807) is 0 Å². The second kappa shape index (κ2) is 8.81. The number of benzene rings is 1. The van der Waals surface area contributed by atoms with Crippen LogP contribution < -0.4 is 15.0 Å². The van der Waals surface area contributed by atoms with Crippen LogP contribution in [0.5, 0.6) is 5.75 Å². The molecule has 0 unspecified atom stereocenters. The van der Waals surface area contributed by atoms with Gasteiger partial charge in [-0.25, -0.2) is 0 Å². The summed E-state index contributed by atoms with van der Waals surface area (Å²) in [4.78, 5) is 2.33. The summed E-state index contributed by atoms with van der Waals surface area (Å²) >= 11 is 0. The van der Waals surface area contributed by atoms with Crippen LogP contribution >= 0.6 is 0 Å². The number of nitrogens with one attached hydrogen (secondary N) is 1. The van der Waals surface area contributed by atoms with E-state index in [2.05, 4.69) is 49.2 Å². The number of hydrogen-bond acceptors (Lipinski definition) is 3. The molecule has 0 radical (unpaired) electrons. The van der Waals surface area contributed by atoms with Crippen molar-refractivity contribution >= 4 is 5.69 Å². The van der Waals surface area contributed by atoms with Gasteiger partial charge in [0.05, 0.1) is 12.3 Å². The quantitative estimate of drug-likeness (QED) is 0.692. The van der Waals surface area contributed by atoms with Gasteiger partial charge in [-0.1, -0.05) is 13.0 Å². The Balaban J connectivity index is 2.87. The topological polar surface area (TPSA) is 24.5 Å². The molecule has 1 rings (SSSR count). The van der Waals surface area contributed by atoms with Crippen molar-refractivity contribution in [3.05, 3.63) is 23.8 Å². The Kier molecular flexibility index (Phi) is 7.34. The number of rotatable bonds is 9. The number of ether oxygens (including phenoxy) is 1. The van der Waals surface area contributed by atoms with Crippen LogP contribution in [0.1, 0.15) is 39.7 Å². The normalized spacial score (nSPS) is 10.5. The fourth-order valence-corrected chi connectivity index (χ4v) is 2.17. The van der Waals surface area contributed by atoms with Crippen LogP contribution in [-0.4, -0.2) is 26.2 Å². The van der Waals surface area contributed by atoms with Crippen molar-refractivity contribution in [1.29, 1.82) is 0 Å². The third-order valence-electron chi connectivity index (χ3n) is 3.18. The monoisotopic (exact) mass is 264 g/mol. The summed E-state index contributed by atoms with van der Waals surface area (Å²) in [5.74, 6) is 1.00. The Bertz CT molecular complexity index is 362. The summed E-state index contributed by atoms with van der Waals surface area (Å²) in [6.45, 7) is 13.3. The van der Waals surface area contributed by atoms with Gasteiger partial charge in [-0.05, 0) is 51.4 Å². The molecule has 0 bridgehead atoms. The Morgan fingerprint density at radius 2 is 1.84 bits per heavy atom. The second-order valence-corrected chi connectivity index (χ2v) is 4.58. The van der Waals surface area contributed by atoms with E-state index in [1.165, 1.54) is 11.3 Å². The van der Waals surface area contributed by atoms with Gasteiger partial charge in [-0.2, -0.15) is 0 Å². The van der Waals surface area contributed by atoms with Crippen molar-refractivity contribution in [1.82, 2.24) is 5.32 Å². The molecule has 3 nitrogen and oxygen atoms in total. The highest BCUT2D eigenvalue weighted by Gasteiger charge is 2.10. The predicted molar refractivity (Wildman–Crippen MR) is 83.2 cm³/mol. The van der Waals surface area contributed by atoms with Gasteiger partial charge < -0.3 is 15.0 Å². The lowest BCUT2D eigenvalue weighted by Crippen LogP contribution is -2.23. The highest BCUT2D eigenvalue weighted by Crippen LogP contribution is 2.29. The molecule has 3 heteroatoms. The first-order chi connectivity index (χ1) is 9.26. The molecule has 19 heavy (non-hydrogen) atoms. The van der Waals surface area contributed by atoms with E-state index in [9.17, 15) is 0 Å². The summed E-state index contributed by atoms with van der Waals surface area (Å²) < 4.78 is 5.80. The maximum absolute atomic E-state index is 5.80. The molecule has 0 fully saturated rings. The van der Waals surface area contributed by atoms with Crippen LogP contribution in [0.15, 0.2) is 18.2 Å². The first kappa shape index (κ1) is 15.8. The summed E-state index contributed by atoms with van der Waals surface area (Å²) in [6, 6.07) is 6.54. The first-order valence-electron chi connectivity index (χ1n) is 7.48. The van der Waals surface area contributed by atoms with Gasteiger partial charge in [-0.3, -0.25) is 0 Å². The van der Waals surface area contributed by atoms with E-state index in [0.717, 1.165) is 38.3 Å². The van der Waals surface area contributed by atoms with Gasteiger partial charge in [0.2, 0.25) is 0 Å². The lowest BCUT2D eigenvalue weighted by Gasteiger charge is -2.24. The molecule has 0 spiro atoms. The van der Waals surface area contributed by atoms with Gasteiger partial charge in [-0.15, -0.1) is 0 Å². The average Bonchev–Trinajstić information content (AvgIpc) is 2.43. The van der Waals surface area contributed by atoms with Gasteiger partial charge >= 0.3 is 0 Å².